The summed E-state index contributed by atoms with van der Waals surface area (Å²) in [5.74, 6) is 0.311. The van der Waals surface area contributed by atoms with Gasteiger partial charge in [-0.1, -0.05) is 35.9 Å². The molecular formula is C19H19ClN2O3S2. The Morgan fingerprint density at radius 3 is 2.63 bits per heavy atom. The number of hydrogen-bond acceptors (Lipinski definition) is 5. The van der Waals surface area contributed by atoms with Gasteiger partial charge in [0, 0.05) is 17.0 Å². The molecule has 0 saturated heterocycles. The third kappa shape index (κ3) is 4.32. The van der Waals surface area contributed by atoms with Gasteiger partial charge in [0.25, 0.3) is 0 Å². The van der Waals surface area contributed by atoms with Crippen molar-refractivity contribution in [3.05, 3.63) is 63.6 Å². The predicted molar refractivity (Wildman–Crippen MR) is 109 cm³/mol. The molecule has 27 heavy (non-hydrogen) atoms. The van der Waals surface area contributed by atoms with E-state index < -0.39 is 10.0 Å². The van der Waals surface area contributed by atoms with Crippen LogP contribution in [0.2, 0.25) is 5.02 Å². The van der Waals surface area contributed by atoms with Crippen LogP contribution in [0.1, 0.15) is 16.1 Å². The largest absolute Gasteiger partial charge is 0.495 e. The number of sulfonamides is 1. The molecular weight excluding hydrogens is 404 g/mol. The minimum Gasteiger partial charge on any atom is -0.495 e. The van der Waals surface area contributed by atoms with Crippen LogP contribution < -0.4 is 9.46 Å². The van der Waals surface area contributed by atoms with Gasteiger partial charge in [-0.2, -0.15) is 0 Å². The van der Waals surface area contributed by atoms with Crippen LogP contribution in [0, 0.1) is 13.8 Å². The number of thiazole rings is 1. The smallest absolute Gasteiger partial charge is 0.244 e. The maximum atomic E-state index is 12.8. The van der Waals surface area contributed by atoms with E-state index in [1.807, 2.05) is 32.0 Å². The molecule has 0 aliphatic carbocycles. The van der Waals surface area contributed by atoms with Gasteiger partial charge >= 0.3 is 0 Å². The van der Waals surface area contributed by atoms with Crippen molar-refractivity contribution in [2.45, 2.75) is 25.3 Å². The zero-order chi connectivity index (χ0) is 19.6. The average molecular weight is 423 g/mol. The Bertz CT molecular complexity index is 1080. The van der Waals surface area contributed by atoms with E-state index >= 15 is 0 Å². The number of aryl methyl sites for hydroxylation is 2. The summed E-state index contributed by atoms with van der Waals surface area (Å²) in [5, 5.41) is 1.38. The van der Waals surface area contributed by atoms with Crippen LogP contribution in [-0.4, -0.2) is 20.5 Å². The highest BCUT2D eigenvalue weighted by atomic mass is 35.5. The quantitative estimate of drug-likeness (QED) is 0.631. The number of rotatable bonds is 6. The monoisotopic (exact) mass is 422 g/mol. The third-order valence-electron chi connectivity index (χ3n) is 4.03. The SMILES string of the molecule is COc1ccc(C)cc1S(=O)(=O)NCc1sc(-c2ccccc2Cl)nc1C. The Kier molecular flexibility index (Phi) is 5.86. The van der Waals surface area contributed by atoms with E-state index in [9.17, 15) is 8.42 Å². The highest BCUT2D eigenvalue weighted by Gasteiger charge is 2.21. The van der Waals surface area contributed by atoms with Gasteiger partial charge in [-0.25, -0.2) is 18.1 Å². The molecule has 0 spiro atoms. The second kappa shape index (κ2) is 7.98. The molecule has 0 aliphatic heterocycles. The molecule has 2 aromatic carbocycles. The van der Waals surface area contributed by atoms with Gasteiger partial charge < -0.3 is 4.74 Å². The fourth-order valence-corrected chi connectivity index (χ4v) is 5.24. The van der Waals surface area contributed by atoms with Crippen molar-refractivity contribution in [3.63, 3.8) is 0 Å². The van der Waals surface area contributed by atoms with Crippen LogP contribution in [-0.2, 0) is 16.6 Å². The molecule has 1 heterocycles. The van der Waals surface area contributed by atoms with Crippen LogP contribution in [0.25, 0.3) is 10.6 Å². The summed E-state index contributed by atoms with van der Waals surface area (Å²) in [6, 6.07) is 12.5. The predicted octanol–water partition coefficient (Wildman–Crippen LogP) is 4.57. The minimum absolute atomic E-state index is 0.124. The number of methoxy groups -OCH3 is 1. The lowest BCUT2D eigenvalue weighted by atomic mass is 10.2. The molecule has 1 N–H and O–H groups in total. The van der Waals surface area contributed by atoms with Gasteiger partial charge in [0.1, 0.15) is 15.7 Å². The standard InChI is InChI=1S/C19H19ClN2O3S2/c1-12-8-9-16(25-3)18(10-12)27(23,24)21-11-17-13(2)22-19(26-17)14-6-4-5-7-15(14)20/h4-10,21H,11H2,1-3H3. The normalized spacial score (nSPS) is 11.6. The molecule has 0 radical (unpaired) electrons. The topological polar surface area (TPSA) is 68.3 Å². The molecule has 8 heteroatoms. The van der Waals surface area contributed by atoms with Gasteiger partial charge in [0.15, 0.2) is 0 Å². The molecule has 0 unspecified atom stereocenters. The number of ether oxygens (including phenoxy) is 1. The van der Waals surface area contributed by atoms with Gasteiger partial charge in [-0.15, -0.1) is 11.3 Å². The molecule has 0 aliphatic rings. The zero-order valence-electron chi connectivity index (χ0n) is 15.1. The Morgan fingerprint density at radius 2 is 1.93 bits per heavy atom. The van der Waals surface area contributed by atoms with Crippen molar-refractivity contribution in [3.8, 4) is 16.3 Å². The van der Waals surface area contributed by atoms with E-state index in [2.05, 4.69) is 9.71 Å². The number of halogens is 1. The van der Waals surface area contributed by atoms with E-state index in [-0.39, 0.29) is 11.4 Å². The molecule has 142 valence electrons. The van der Waals surface area contributed by atoms with Crippen LogP contribution in [0.15, 0.2) is 47.4 Å². The molecule has 3 rings (SSSR count). The summed E-state index contributed by atoms with van der Waals surface area (Å²) in [5.41, 5.74) is 2.45. The van der Waals surface area contributed by atoms with Crippen LogP contribution in [0.5, 0.6) is 5.75 Å². The van der Waals surface area contributed by atoms with Crippen molar-refractivity contribution < 1.29 is 13.2 Å². The summed E-state index contributed by atoms with van der Waals surface area (Å²) in [7, 11) is -2.27. The Labute approximate surface area is 168 Å². The first kappa shape index (κ1) is 19.8. The van der Waals surface area contributed by atoms with Gasteiger partial charge in [-0.3, -0.25) is 0 Å². The zero-order valence-corrected chi connectivity index (χ0v) is 17.5. The van der Waals surface area contributed by atoms with Crippen molar-refractivity contribution in [1.29, 1.82) is 0 Å². The minimum atomic E-state index is -3.73. The Balaban J connectivity index is 1.85. The lowest BCUT2D eigenvalue weighted by Crippen LogP contribution is -2.23. The Hall–Kier alpha value is -1.93. The van der Waals surface area contributed by atoms with E-state index in [1.165, 1.54) is 18.4 Å². The summed E-state index contributed by atoms with van der Waals surface area (Å²) in [6.07, 6.45) is 0. The van der Waals surface area contributed by atoms with E-state index in [1.54, 1.807) is 24.3 Å². The number of benzene rings is 2. The fourth-order valence-electron chi connectivity index (χ4n) is 2.57. The summed E-state index contributed by atoms with van der Waals surface area (Å²) in [6.45, 7) is 3.84. The van der Waals surface area contributed by atoms with Crippen molar-refractivity contribution in [2.75, 3.05) is 7.11 Å². The number of hydrogen-bond donors (Lipinski definition) is 1. The second-order valence-electron chi connectivity index (χ2n) is 5.99. The van der Waals surface area contributed by atoms with Crippen molar-refractivity contribution in [2.24, 2.45) is 0 Å². The van der Waals surface area contributed by atoms with Crippen molar-refractivity contribution >= 4 is 33.0 Å². The summed E-state index contributed by atoms with van der Waals surface area (Å²) in [4.78, 5) is 5.49. The first-order valence-electron chi connectivity index (χ1n) is 8.17. The maximum absolute atomic E-state index is 12.8. The lowest BCUT2D eigenvalue weighted by Gasteiger charge is -2.11. The summed E-state index contributed by atoms with van der Waals surface area (Å²) >= 11 is 7.66. The summed E-state index contributed by atoms with van der Waals surface area (Å²) < 4.78 is 33.3. The maximum Gasteiger partial charge on any atom is 0.244 e. The molecule has 0 saturated carbocycles. The fraction of sp³-hybridized carbons (Fsp3) is 0.211. The molecule has 0 fully saturated rings. The van der Waals surface area contributed by atoms with Gasteiger partial charge in [-0.05, 0) is 37.6 Å². The molecule has 0 atom stereocenters. The number of nitrogens with one attached hydrogen (secondary N) is 1. The molecule has 0 amide bonds. The second-order valence-corrected chi connectivity index (χ2v) is 9.21. The highest BCUT2D eigenvalue weighted by Crippen LogP contribution is 2.33. The van der Waals surface area contributed by atoms with E-state index in [4.69, 9.17) is 16.3 Å². The molecule has 0 bridgehead atoms. The third-order valence-corrected chi connectivity index (χ3v) is 6.97. The van der Waals surface area contributed by atoms with Gasteiger partial charge in [0.2, 0.25) is 10.0 Å². The van der Waals surface area contributed by atoms with Crippen LogP contribution >= 0.6 is 22.9 Å². The van der Waals surface area contributed by atoms with Crippen molar-refractivity contribution in [1.82, 2.24) is 9.71 Å². The van der Waals surface area contributed by atoms with Crippen LogP contribution in [0.4, 0.5) is 0 Å². The average Bonchev–Trinajstić information content (AvgIpc) is 3.01. The highest BCUT2D eigenvalue weighted by molar-refractivity contribution is 7.89. The number of nitrogens with zero attached hydrogens (tertiary/aromatic N) is 1. The first-order valence-corrected chi connectivity index (χ1v) is 10.8. The molecule has 1 aromatic heterocycles. The molecule has 3 aromatic rings. The first-order chi connectivity index (χ1) is 12.8. The Morgan fingerprint density at radius 1 is 1.19 bits per heavy atom. The number of aromatic nitrogens is 1. The van der Waals surface area contributed by atoms with E-state index in [0.717, 1.165) is 26.7 Å². The van der Waals surface area contributed by atoms with E-state index in [0.29, 0.717) is 10.8 Å². The lowest BCUT2D eigenvalue weighted by molar-refractivity contribution is 0.402. The van der Waals surface area contributed by atoms with Crippen LogP contribution in [0.3, 0.4) is 0 Å². The van der Waals surface area contributed by atoms with Gasteiger partial charge in [0.05, 0.1) is 17.8 Å². The molecule has 5 nitrogen and oxygen atoms in total.